The molecule has 0 spiro atoms. The molecular formula is C15H24N2O. The highest BCUT2D eigenvalue weighted by atomic mass is 16.1. The minimum atomic E-state index is 0.0192. The first-order valence-electron chi connectivity index (χ1n) is 6.58. The van der Waals surface area contributed by atoms with Crippen molar-refractivity contribution in [2.45, 2.75) is 39.7 Å². The number of hydrogen-bond acceptors (Lipinski definition) is 2. The second-order valence-electron chi connectivity index (χ2n) is 4.98. The fraction of sp³-hybridized carbons (Fsp3) is 0.533. The predicted octanol–water partition coefficient (Wildman–Crippen LogP) is 2.60. The Balaban J connectivity index is 2.41. The van der Waals surface area contributed by atoms with Crippen molar-refractivity contribution in [2.24, 2.45) is 0 Å². The van der Waals surface area contributed by atoms with Gasteiger partial charge in [0.25, 0.3) is 0 Å². The van der Waals surface area contributed by atoms with Crippen LogP contribution in [0.2, 0.25) is 0 Å². The van der Waals surface area contributed by atoms with E-state index in [1.54, 1.807) is 0 Å². The smallest absolute Gasteiger partial charge is 0.216 e. The maximum absolute atomic E-state index is 10.7. The average Bonchev–Trinajstić information content (AvgIpc) is 2.34. The van der Waals surface area contributed by atoms with Gasteiger partial charge in [-0.05, 0) is 24.0 Å². The number of rotatable bonds is 6. The van der Waals surface area contributed by atoms with E-state index in [2.05, 4.69) is 55.7 Å². The molecule has 0 aliphatic rings. The molecule has 1 unspecified atom stereocenters. The molecule has 1 aromatic rings. The molecule has 0 saturated heterocycles. The summed E-state index contributed by atoms with van der Waals surface area (Å²) in [5.74, 6) is 0.591. The van der Waals surface area contributed by atoms with E-state index in [0.717, 1.165) is 6.54 Å². The minimum Gasteiger partial charge on any atom is -0.355 e. The summed E-state index contributed by atoms with van der Waals surface area (Å²) in [5.41, 5.74) is 2.64. The molecule has 0 fully saturated rings. The molecule has 18 heavy (non-hydrogen) atoms. The Morgan fingerprint density at radius 2 is 1.61 bits per heavy atom. The van der Waals surface area contributed by atoms with Crippen LogP contribution in [-0.2, 0) is 4.79 Å². The highest BCUT2D eigenvalue weighted by Crippen LogP contribution is 2.18. The van der Waals surface area contributed by atoms with Crippen LogP contribution in [0.4, 0.5) is 0 Å². The summed E-state index contributed by atoms with van der Waals surface area (Å²) >= 11 is 0. The lowest BCUT2D eigenvalue weighted by Gasteiger charge is -2.15. The highest BCUT2D eigenvalue weighted by molar-refractivity contribution is 5.72. The second kappa shape index (κ2) is 7.17. The van der Waals surface area contributed by atoms with Crippen LogP contribution in [0.15, 0.2) is 24.3 Å². The quantitative estimate of drug-likeness (QED) is 0.760. The lowest BCUT2D eigenvalue weighted by Crippen LogP contribution is -2.31. The minimum absolute atomic E-state index is 0.0192. The molecule has 0 saturated carbocycles. The van der Waals surface area contributed by atoms with Crippen molar-refractivity contribution in [3.63, 3.8) is 0 Å². The normalized spacial score (nSPS) is 12.5. The Labute approximate surface area is 110 Å². The zero-order valence-electron chi connectivity index (χ0n) is 11.8. The Kier molecular flexibility index (Phi) is 5.86. The first-order chi connectivity index (χ1) is 8.50. The van der Waals surface area contributed by atoms with Crippen molar-refractivity contribution < 1.29 is 4.79 Å². The van der Waals surface area contributed by atoms with Gasteiger partial charge in [0.1, 0.15) is 0 Å². The number of carbonyl (C=O) groups is 1. The van der Waals surface area contributed by atoms with Crippen LogP contribution in [-0.4, -0.2) is 19.0 Å². The lowest BCUT2D eigenvalue weighted by atomic mass is 10.00. The van der Waals surface area contributed by atoms with Crippen LogP contribution in [0.1, 0.15) is 50.8 Å². The first-order valence-corrected chi connectivity index (χ1v) is 6.58. The number of carbonyl (C=O) groups excluding carboxylic acids is 1. The summed E-state index contributed by atoms with van der Waals surface area (Å²) in [6.45, 7) is 9.52. The molecule has 0 radical (unpaired) electrons. The number of nitrogens with one attached hydrogen (secondary N) is 2. The molecule has 3 nitrogen and oxygen atoms in total. The molecule has 0 heterocycles. The van der Waals surface area contributed by atoms with E-state index in [-0.39, 0.29) is 5.91 Å². The van der Waals surface area contributed by atoms with E-state index in [4.69, 9.17) is 0 Å². The molecule has 0 bridgehead atoms. The molecule has 2 N–H and O–H groups in total. The van der Waals surface area contributed by atoms with Gasteiger partial charge in [-0.1, -0.05) is 38.1 Å². The van der Waals surface area contributed by atoms with E-state index in [9.17, 15) is 4.79 Å². The highest BCUT2D eigenvalue weighted by Gasteiger charge is 2.05. The number of benzene rings is 1. The summed E-state index contributed by atoms with van der Waals surface area (Å²) in [6.07, 6.45) is 0. The maximum atomic E-state index is 10.7. The third-order valence-electron chi connectivity index (χ3n) is 3.05. The zero-order valence-corrected chi connectivity index (χ0v) is 11.8. The first kappa shape index (κ1) is 14.7. The Morgan fingerprint density at radius 1 is 1.06 bits per heavy atom. The Morgan fingerprint density at radius 3 is 2.11 bits per heavy atom. The van der Waals surface area contributed by atoms with E-state index >= 15 is 0 Å². The summed E-state index contributed by atoms with van der Waals surface area (Å²) in [5, 5.41) is 6.16. The third kappa shape index (κ3) is 4.88. The van der Waals surface area contributed by atoms with Crippen molar-refractivity contribution in [1.29, 1.82) is 0 Å². The molecule has 1 aromatic carbocycles. The van der Waals surface area contributed by atoms with Gasteiger partial charge in [0.15, 0.2) is 0 Å². The van der Waals surface area contributed by atoms with Crippen LogP contribution >= 0.6 is 0 Å². The van der Waals surface area contributed by atoms with Gasteiger partial charge in [-0.25, -0.2) is 0 Å². The van der Waals surface area contributed by atoms with Crippen LogP contribution in [0.25, 0.3) is 0 Å². The van der Waals surface area contributed by atoms with E-state index in [0.29, 0.717) is 18.5 Å². The third-order valence-corrected chi connectivity index (χ3v) is 3.05. The van der Waals surface area contributed by atoms with Gasteiger partial charge < -0.3 is 10.6 Å². The van der Waals surface area contributed by atoms with E-state index in [1.165, 1.54) is 18.1 Å². The van der Waals surface area contributed by atoms with Gasteiger partial charge in [0.05, 0.1) is 0 Å². The number of hydrogen-bond donors (Lipinski definition) is 2. The van der Waals surface area contributed by atoms with Crippen molar-refractivity contribution in [3.05, 3.63) is 35.4 Å². The molecule has 0 aliphatic carbocycles. The van der Waals surface area contributed by atoms with E-state index < -0.39 is 0 Å². The van der Waals surface area contributed by atoms with Gasteiger partial charge >= 0.3 is 0 Å². The monoisotopic (exact) mass is 248 g/mol. The number of amides is 1. The second-order valence-corrected chi connectivity index (χ2v) is 4.98. The van der Waals surface area contributed by atoms with Crippen LogP contribution in [0.5, 0.6) is 0 Å². The Bertz CT molecular complexity index is 371. The van der Waals surface area contributed by atoms with Gasteiger partial charge in [-0.15, -0.1) is 0 Å². The molecule has 1 rings (SSSR count). The summed E-state index contributed by atoms with van der Waals surface area (Å²) in [6, 6.07) is 9.02. The fourth-order valence-electron chi connectivity index (χ4n) is 1.81. The predicted molar refractivity (Wildman–Crippen MR) is 75.6 cm³/mol. The Hall–Kier alpha value is -1.35. The molecule has 3 heteroatoms. The molecule has 100 valence electrons. The molecule has 0 aromatic heterocycles. The van der Waals surface area contributed by atoms with Crippen LogP contribution < -0.4 is 10.6 Å². The largest absolute Gasteiger partial charge is 0.355 e. The van der Waals surface area contributed by atoms with Crippen molar-refractivity contribution in [3.8, 4) is 0 Å². The van der Waals surface area contributed by atoms with Crippen LogP contribution in [0.3, 0.4) is 0 Å². The van der Waals surface area contributed by atoms with E-state index in [1.807, 2.05) is 0 Å². The molecule has 0 aliphatic heterocycles. The fourth-order valence-corrected chi connectivity index (χ4v) is 1.81. The lowest BCUT2D eigenvalue weighted by molar-refractivity contribution is -0.118. The van der Waals surface area contributed by atoms with Crippen molar-refractivity contribution in [1.82, 2.24) is 10.6 Å². The standard InChI is InChI=1S/C15H24N2O/c1-11(2)14-5-7-15(8-6-14)12(3)16-9-10-17-13(4)18/h5-8,11-12,16H,9-10H2,1-4H3,(H,17,18). The summed E-state index contributed by atoms with van der Waals surface area (Å²) < 4.78 is 0. The van der Waals surface area contributed by atoms with Gasteiger partial charge in [0.2, 0.25) is 5.91 Å². The average molecular weight is 248 g/mol. The topological polar surface area (TPSA) is 41.1 Å². The molecule has 1 amide bonds. The summed E-state index contributed by atoms with van der Waals surface area (Å²) in [7, 11) is 0. The van der Waals surface area contributed by atoms with Crippen molar-refractivity contribution >= 4 is 5.91 Å². The van der Waals surface area contributed by atoms with Gasteiger partial charge in [-0.2, -0.15) is 0 Å². The summed E-state index contributed by atoms with van der Waals surface area (Å²) in [4.78, 5) is 10.7. The maximum Gasteiger partial charge on any atom is 0.216 e. The van der Waals surface area contributed by atoms with Crippen LogP contribution in [0, 0.1) is 0 Å². The molecular weight excluding hydrogens is 224 g/mol. The van der Waals surface area contributed by atoms with Crippen molar-refractivity contribution in [2.75, 3.05) is 13.1 Å². The zero-order chi connectivity index (χ0) is 13.5. The molecule has 1 atom stereocenters. The van der Waals surface area contributed by atoms with Gasteiger partial charge in [-0.3, -0.25) is 4.79 Å². The van der Waals surface area contributed by atoms with Gasteiger partial charge in [0, 0.05) is 26.1 Å². The SMILES string of the molecule is CC(=O)NCCNC(C)c1ccc(C(C)C)cc1.